The molecule has 110 valence electrons. The first kappa shape index (κ1) is 14.7. The highest BCUT2D eigenvalue weighted by Crippen LogP contribution is 2.24. The van der Waals surface area contributed by atoms with E-state index >= 15 is 0 Å². The van der Waals surface area contributed by atoms with Crippen molar-refractivity contribution in [1.29, 1.82) is 0 Å². The monoisotopic (exact) mass is 288 g/mol. The first-order valence-electron chi connectivity index (χ1n) is 6.42. The first-order valence-corrected chi connectivity index (χ1v) is 6.42. The molecule has 0 saturated carbocycles. The van der Waals surface area contributed by atoms with E-state index in [0.717, 1.165) is 5.75 Å². The van der Waals surface area contributed by atoms with Gasteiger partial charge in [-0.3, -0.25) is 0 Å². The van der Waals surface area contributed by atoms with Gasteiger partial charge in [-0.05, 0) is 30.3 Å². The highest BCUT2D eigenvalue weighted by Gasteiger charge is 2.12. The quantitative estimate of drug-likeness (QED) is 0.794. The van der Waals surface area contributed by atoms with Crippen molar-refractivity contribution in [2.24, 2.45) is 0 Å². The van der Waals surface area contributed by atoms with Crippen molar-refractivity contribution >= 4 is 5.97 Å². The van der Waals surface area contributed by atoms with Crippen LogP contribution < -0.4 is 14.2 Å². The molecule has 21 heavy (non-hydrogen) atoms. The van der Waals surface area contributed by atoms with E-state index in [1.54, 1.807) is 12.1 Å². The molecule has 0 amide bonds. The van der Waals surface area contributed by atoms with Gasteiger partial charge in [-0.1, -0.05) is 18.2 Å². The summed E-state index contributed by atoms with van der Waals surface area (Å²) < 4.78 is 15.9. The van der Waals surface area contributed by atoms with E-state index in [1.807, 2.05) is 30.3 Å². The normalized spacial score (nSPS) is 9.95. The van der Waals surface area contributed by atoms with Crippen LogP contribution in [0.5, 0.6) is 17.2 Å². The number of para-hydroxylation sites is 1. The molecule has 0 aliphatic rings. The molecule has 0 heterocycles. The molecule has 1 N–H and O–H groups in total. The lowest BCUT2D eigenvalue weighted by molar-refractivity contribution is 0.0690. The van der Waals surface area contributed by atoms with Crippen LogP contribution in [0.4, 0.5) is 0 Å². The Morgan fingerprint density at radius 1 is 1.00 bits per heavy atom. The topological polar surface area (TPSA) is 65.0 Å². The Morgan fingerprint density at radius 3 is 2.38 bits per heavy atom. The Hall–Kier alpha value is -2.69. The number of ether oxygens (including phenoxy) is 3. The molecule has 0 fully saturated rings. The molecule has 0 bridgehead atoms. The minimum atomic E-state index is -1.06. The first-order chi connectivity index (χ1) is 10.2. The smallest absolute Gasteiger partial charge is 0.339 e. The molecule has 0 aromatic heterocycles. The van der Waals surface area contributed by atoms with Crippen LogP contribution in [0.3, 0.4) is 0 Å². The zero-order valence-corrected chi connectivity index (χ0v) is 11.6. The molecule has 2 aromatic rings. The fourth-order valence-electron chi connectivity index (χ4n) is 1.76. The van der Waals surface area contributed by atoms with Crippen LogP contribution in [0.1, 0.15) is 10.4 Å². The number of aromatic carboxylic acids is 1. The lowest BCUT2D eigenvalue weighted by atomic mass is 10.2. The van der Waals surface area contributed by atoms with Gasteiger partial charge in [-0.2, -0.15) is 0 Å². The van der Waals surface area contributed by atoms with Crippen molar-refractivity contribution in [3.8, 4) is 17.2 Å². The summed E-state index contributed by atoms with van der Waals surface area (Å²) in [5.41, 5.74) is 0.0639. The molecular weight excluding hydrogens is 272 g/mol. The maximum Gasteiger partial charge on any atom is 0.339 e. The minimum absolute atomic E-state index is 0.0639. The largest absolute Gasteiger partial charge is 0.497 e. The highest BCUT2D eigenvalue weighted by atomic mass is 16.5. The van der Waals surface area contributed by atoms with Gasteiger partial charge in [-0.25, -0.2) is 4.79 Å². The average molecular weight is 288 g/mol. The fourth-order valence-corrected chi connectivity index (χ4v) is 1.76. The third-order valence-electron chi connectivity index (χ3n) is 2.77. The van der Waals surface area contributed by atoms with E-state index in [4.69, 9.17) is 19.3 Å². The molecule has 0 spiro atoms. The molecule has 5 heteroatoms. The minimum Gasteiger partial charge on any atom is -0.497 e. The third-order valence-corrected chi connectivity index (χ3v) is 2.77. The maximum absolute atomic E-state index is 11.2. The second-order valence-electron chi connectivity index (χ2n) is 4.18. The summed E-state index contributed by atoms with van der Waals surface area (Å²) in [6.07, 6.45) is 0. The Morgan fingerprint density at radius 2 is 1.71 bits per heavy atom. The van der Waals surface area contributed by atoms with Crippen LogP contribution in [0, 0.1) is 0 Å². The second kappa shape index (κ2) is 7.19. The predicted octanol–water partition coefficient (Wildman–Crippen LogP) is 2.85. The summed E-state index contributed by atoms with van der Waals surface area (Å²) in [5, 5.41) is 9.15. The van der Waals surface area contributed by atoms with Gasteiger partial charge in [0, 0.05) is 0 Å². The molecule has 2 aromatic carbocycles. The van der Waals surface area contributed by atoms with Gasteiger partial charge >= 0.3 is 5.97 Å². The van der Waals surface area contributed by atoms with E-state index < -0.39 is 5.97 Å². The maximum atomic E-state index is 11.2. The molecule has 0 aliphatic carbocycles. The molecule has 2 rings (SSSR count). The van der Waals surface area contributed by atoms with Gasteiger partial charge in [0.2, 0.25) is 0 Å². The van der Waals surface area contributed by atoms with Gasteiger partial charge in [-0.15, -0.1) is 0 Å². The van der Waals surface area contributed by atoms with Crippen LogP contribution in [0.15, 0.2) is 48.5 Å². The van der Waals surface area contributed by atoms with Crippen LogP contribution in [-0.4, -0.2) is 31.4 Å². The number of carbonyl (C=O) groups is 1. The standard InChI is InChI=1S/C16H16O5/c1-19-13-7-8-15(14(11-13)16(17)18)21-10-9-20-12-5-3-2-4-6-12/h2-8,11H,9-10H2,1H3,(H,17,18). The number of methoxy groups -OCH3 is 1. The highest BCUT2D eigenvalue weighted by molar-refractivity contribution is 5.91. The van der Waals surface area contributed by atoms with Gasteiger partial charge in [0.05, 0.1) is 7.11 Å². The number of hydrogen-bond donors (Lipinski definition) is 1. The van der Waals surface area contributed by atoms with Crippen molar-refractivity contribution in [3.05, 3.63) is 54.1 Å². The lowest BCUT2D eigenvalue weighted by Crippen LogP contribution is -2.11. The third kappa shape index (κ3) is 4.14. The number of carboxylic acids is 1. The Labute approximate surface area is 122 Å². The van der Waals surface area contributed by atoms with Gasteiger partial charge in [0.15, 0.2) is 0 Å². The van der Waals surface area contributed by atoms with E-state index in [9.17, 15) is 4.79 Å². The van der Waals surface area contributed by atoms with Gasteiger partial charge in [0.25, 0.3) is 0 Å². The molecular formula is C16H16O5. The van der Waals surface area contributed by atoms with Crippen molar-refractivity contribution in [1.82, 2.24) is 0 Å². The van der Waals surface area contributed by atoms with Crippen molar-refractivity contribution in [3.63, 3.8) is 0 Å². The van der Waals surface area contributed by atoms with E-state index in [-0.39, 0.29) is 12.2 Å². The molecule has 0 saturated heterocycles. The summed E-state index contributed by atoms with van der Waals surface area (Å²) in [5.74, 6) is 0.447. The lowest BCUT2D eigenvalue weighted by Gasteiger charge is -2.11. The zero-order chi connectivity index (χ0) is 15.1. The van der Waals surface area contributed by atoms with E-state index in [1.165, 1.54) is 13.2 Å². The molecule has 0 atom stereocenters. The SMILES string of the molecule is COc1ccc(OCCOc2ccccc2)c(C(=O)O)c1. The zero-order valence-electron chi connectivity index (χ0n) is 11.6. The van der Waals surface area contributed by atoms with Crippen LogP contribution in [-0.2, 0) is 0 Å². The molecule has 0 aliphatic heterocycles. The number of hydrogen-bond acceptors (Lipinski definition) is 4. The number of rotatable bonds is 7. The summed E-state index contributed by atoms with van der Waals surface area (Å²) in [6.45, 7) is 0.580. The average Bonchev–Trinajstić information content (AvgIpc) is 2.52. The second-order valence-corrected chi connectivity index (χ2v) is 4.18. The Bertz CT molecular complexity index is 595. The van der Waals surface area contributed by atoms with Crippen molar-refractivity contribution < 1.29 is 24.1 Å². The fraction of sp³-hybridized carbons (Fsp3) is 0.188. The number of carboxylic acid groups (broad SMARTS) is 1. The summed E-state index contributed by atoms with van der Waals surface area (Å²) in [7, 11) is 1.48. The summed E-state index contributed by atoms with van der Waals surface area (Å²) >= 11 is 0. The Balaban J connectivity index is 1.92. The van der Waals surface area contributed by atoms with Crippen molar-refractivity contribution in [2.45, 2.75) is 0 Å². The van der Waals surface area contributed by atoms with E-state index in [0.29, 0.717) is 18.1 Å². The molecule has 0 radical (unpaired) electrons. The van der Waals surface area contributed by atoms with Crippen LogP contribution >= 0.6 is 0 Å². The number of benzene rings is 2. The van der Waals surface area contributed by atoms with Crippen LogP contribution in [0.25, 0.3) is 0 Å². The van der Waals surface area contributed by atoms with Crippen LogP contribution in [0.2, 0.25) is 0 Å². The summed E-state index contributed by atoms with van der Waals surface area (Å²) in [4.78, 5) is 11.2. The van der Waals surface area contributed by atoms with Gasteiger partial charge < -0.3 is 19.3 Å². The molecule has 0 unspecified atom stereocenters. The Kier molecular flexibility index (Phi) is 5.04. The van der Waals surface area contributed by atoms with Gasteiger partial charge in [0.1, 0.15) is 36.0 Å². The summed E-state index contributed by atoms with van der Waals surface area (Å²) in [6, 6.07) is 14.0. The predicted molar refractivity (Wildman–Crippen MR) is 77.4 cm³/mol. The van der Waals surface area contributed by atoms with E-state index in [2.05, 4.69) is 0 Å². The van der Waals surface area contributed by atoms with Crippen molar-refractivity contribution in [2.75, 3.05) is 20.3 Å². The molecule has 5 nitrogen and oxygen atoms in total.